The van der Waals surface area contributed by atoms with Crippen LogP contribution in [-0.4, -0.2) is 32.3 Å². The Kier molecular flexibility index (Phi) is 4.40. The fraction of sp³-hybridized carbons (Fsp3) is 0.571. The standard InChI is InChI=1S/C14H22N2O/c1-12-4-2-5-13(10-12)16-8-6-14(11-16)17-9-3-7-15/h2,4-5,10,14H,3,6-9,11,15H2,1H3/t14-/m1/s1. The maximum absolute atomic E-state index is 5.80. The zero-order valence-corrected chi connectivity index (χ0v) is 10.6. The molecule has 0 aliphatic carbocycles. The highest BCUT2D eigenvalue weighted by atomic mass is 16.5. The van der Waals surface area contributed by atoms with Gasteiger partial charge in [0.05, 0.1) is 6.10 Å². The molecule has 1 aliphatic rings. The number of hydrogen-bond donors (Lipinski definition) is 1. The summed E-state index contributed by atoms with van der Waals surface area (Å²) in [6.07, 6.45) is 2.46. The van der Waals surface area contributed by atoms with Gasteiger partial charge in [-0.15, -0.1) is 0 Å². The Balaban J connectivity index is 1.85. The molecular weight excluding hydrogens is 212 g/mol. The second-order valence-electron chi connectivity index (χ2n) is 4.71. The van der Waals surface area contributed by atoms with E-state index in [1.54, 1.807) is 0 Å². The molecule has 1 saturated heterocycles. The van der Waals surface area contributed by atoms with Crippen LogP contribution >= 0.6 is 0 Å². The van der Waals surface area contributed by atoms with Gasteiger partial charge in [0.15, 0.2) is 0 Å². The fourth-order valence-electron chi connectivity index (χ4n) is 2.26. The van der Waals surface area contributed by atoms with Crippen molar-refractivity contribution >= 4 is 5.69 Å². The lowest BCUT2D eigenvalue weighted by Crippen LogP contribution is -2.23. The van der Waals surface area contributed by atoms with E-state index in [1.807, 2.05) is 0 Å². The highest BCUT2D eigenvalue weighted by Crippen LogP contribution is 2.22. The van der Waals surface area contributed by atoms with E-state index < -0.39 is 0 Å². The third-order valence-corrected chi connectivity index (χ3v) is 3.21. The summed E-state index contributed by atoms with van der Waals surface area (Å²) in [6.45, 7) is 5.75. The lowest BCUT2D eigenvalue weighted by atomic mass is 10.2. The van der Waals surface area contributed by atoms with Gasteiger partial charge in [-0.2, -0.15) is 0 Å². The summed E-state index contributed by atoms with van der Waals surface area (Å²) in [5.41, 5.74) is 8.09. The molecule has 2 rings (SSSR count). The van der Waals surface area contributed by atoms with Gasteiger partial charge in [-0.05, 0) is 44.0 Å². The molecule has 0 saturated carbocycles. The van der Waals surface area contributed by atoms with E-state index in [-0.39, 0.29) is 0 Å². The molecule has 0 aromatic heterocycles. The van der Waals surface area contributed by atoms with E-state index in [0.29, 0.717) is 12.6 Å². The van der Waals surface area contributed by atoms with Crippen LogP contribution in [0.1, 0.15) is 18.4 Å². The first-order valence-corrected chi connectivity index (χ1v) is 6.43. The molecule has 0 unspecified atom stereocenters. The average molecular weight is 234 g/mol. The molecule has 17 heavy (non-hydrogen) atoms. The summed E-state index contributed by atoms with van der Waals surface area (Å²) in [5, 5.41) is 0. The molecule has 0 radical (unpaired) electrons. The zero-order valence-electron chi connectivity index (χ0n) is 10.6. The number of aryl methyl sites for hydroxylation is 1. The van der Waals surface area contributed by atoms with Gasteiger partial charge in [0.1, 0.15) is 0 Å². The van der Waals surface area contributed by atoms with Crippen LogP contribution < -0.4 is 10.6 Å². The topological polar surface area (TPSA) is 38.5 Å². The Morgan fingerprint density at radius 1 is 1.47 bits per heavy atom. The molecule has 3 nitrogen and oxygen atoms in total. The van der Waals surface area contributed by atoms with E-state index in [9.17, 15) is 0 Å². The minimum atomic E-state index is 0.377. The monoisotopic (exact) mass is 234 g/mol. The van der Waals surface area contributed by atoms with Crippen molar-refractivity contribution in [3.63, 3.8) is 0 Å². The Morgan fingerprint density at radius 2 is 2.35 bits per heavy atom. The highest BCUT2D eigenvalue weighted by molar-refractivity contribution is 5.49. The van der Waals surface area contributed by atoms with Crippen molar-refractivity contribution in [3.8, 4) is 0 Å². The van der Waals surface area contributed by atoms with E-state index in [0.717, 1.165) is 32.5 Å². The SMILES string of the molecule is Cc1cccc(N2CC[C@@H](OCCCN)C2)c1. The van der Waals surface area contributed by atoms with Crippen LogP contribution in [0.15, 0.2) is 24.3 Å². The summed E-state index contributed by atoms with van der Waals surface area (Å²) >= 11 is 0. The molecule has 1 aromatic rings. The number of nitrogens with two attached hydrogens (primary N) is 1. The normalized spacial score (nSPS) is 19.9. The largest absolute Gasteiger partial charge is 0.376 e. The predicted octanol–water partition coefficient (Wildman–Crippen LogP) is 1.94. The third-order valence-electron chi connectivity index (χ3n) is 3.21. The molecular formula is C14H22N2O. The van der Waals surface area contributed by atoms with Gasteiger partial charge in [0.25, 0.3) is 0 Å². The molecule has 1 fully saturated rings. The first-order chi connectivity index (χ1) is 8.29. The van der Waals surface area contributed by atoms with Crippen molar-refractivity contribution in [1.82, 2.24) is 0 Å². The van der Waals surface area contributed by atoms with E-state index in [1.165, 1.54) is 11.3 Å². The second kappa shape index (κ2) is 6.03. The quantitative estimate of drug-likeness (QED) is 0.791. The Bertz CT molecular complexity index is 354. The Morgan fingerprint density at radius 3 is 3.12 bits per heavy atom. The summed E-state index contributed by atoms with van der Waals surface area (Å²) in [5.74, 6) is 0. The van der Waals surface area contributed by atoms with Gasteiger partial charge >= 0.3 is 0 Å². The van der Waals surface area contributed by atoms with Crippen molar-refractivity contribution in [3.05, 3.63) is 29.8 Å². The van der Waals surface area contributed by atoms with E-state index >= 15 is 0 Å². The number of anilines is 1. The van der Waals surface area contributed by atoms with Crippen LogP contribution in [0.25, 0.3) is 0 Å². The third kappa shape index (κ3) is 3.45. The molecule has 0 amide bonds. The molecule has 1 aromatic carbocycles. The molecule has 1 aliphatic heterocycles. The van der Waals surface area contributed by atoms with Crippen molar-refractivity contribution in [2.45, 2.75) is 25.9 Å². The van der Waals surface area contributed by atoms with Crippen LogP contribution in [0.5, 0.6) is 0 Å². The smallest absolute Gasteiger partial charge is 0.0766 e. The lowest BCUT2D eigenvalue weighted by Gasteiger charge is -2.19. The molecule has 2 N–H and O–H groups in total. The van der Waals surface area contributed by atoms with Crippen LogP contribution in [0.2, 0.25) is 0 Å². The van der Waals surface area contributed by atoms with E-state index in [2.05, 4.69) is 36.1 Å². The van der Waals surface area contributed by atoms with Gasteiger partial charge in [0.2, 0.25) is 0 Å². The van der Waals surface area contributed by atoms with Crippen molar-refractivity contribution in [2.75, 3.05) is 31.1 Å². The summed E-state index contributed by atoms with van der Waals surface area (Å²) in [6, 6.07) is 8.67. The second-order valence-corrected chi connectivity index (χ2v) is 4.71. The minimum absolute atomic E-state index is 0.377. The summed E-state index contributed by atoms with van der Waals surface area (Å²) in [7, 11) is 0. The van der Waals surface area contributed by atoms with Gasteiger partial charge < -0.3 is 15.4 Å². The molecule has 0 bridgehead atoms. The Labute approximate surface area is 104 Å². The summed E-state index contributed by atoms with van der Waals surface area (Å²) < 4.78 is 5.80. The molecule has 1 atom stereocenters. The molecule has 94 valence electrons. The Hall–Kier alpha value is -1.06. The number of nitrogens with zero attached hydrogens (tertiary/aromatic N) is 1. The summed E-state index contributed by atoms with van der Waals surface area (Å²) in [4.78, 5) is 2.40. The number of hydrogen-bond acceptors (Lipinski definition) is 3. The maximum atomic E-state index is 5.80. The van der Waals surface area contributed by atoms with Crippen LogP contribution in [-0.2, 0) is 4.74 Å². The van der Waals surface area contributed by atoms with Gasteiger partial charge in [0, 0.05) is 25.4 Å². The van der Waals surface area contributed by atoms with Gasteiger partial charge in [-0.25, -0.2) is 0 Å². The zero-order chi connectivity index (χ0) is 12.1. The van der Waals surface area contributed by atoms with Crippen LogP contribution in [0.3, 0.4) is 0 Å². The fourth-order valence-corrected chi connectivity index (χ4v) is 2.26. The number of benzene rings is 1. The van der Waals surface area contributed by atoms with Gasteiger partial charge in [-0.1, -0.05) is 12.1 Å². The lowest BCUT2D eigenvalue weighted by molar-refractivity contribution is 0.0676. The van der Waals surface area contributed by atoms with Crippen molar-refractivity contribution in [2.24, 2.45) is 5.73 Å². The highest BCUT2D eigenvalue weighted by Gasteiger charge is 2.22. The molecule has 1 heterocycles. The predicted molar refractivity (Wildman–Crippen MR) is 71.4 cm³/mol. The maximum Gasteiger partial charge on any atom is 0.0766 e. The first-order valence-electron chi connectivity index (χ1n) is 6.43. The van der Waals surface area contributed by atoms with Crippen molar-refractivity contribution in [1.29, 1.82) is 0 Å². The van der Waals surface area contributed by atoms with Crippen molar-refractivity contribution < 1.29 is 4.74 Å². The minimum Gasteiger partial charge on any atom is -0.376 e. The average Bonchev–Trinajstić information content (AvgIpc) is 2.78. The molecule has 3 heteroatoms. The number of ether oxygens (including phenoxy) is 1. The first kappa shape index (κ1) is 12.4. The van der Waals surface area contributed by atoms with E-state index in [4.69, 9.17) is 10.5 Å². The number of rotatable bonds is 5. The van der Waals surface area contributed by atoms with Crippen LogP contribution in [0.4, 0.5) is 5.69 Å². The molecule has 0 spiro atoms. The van der Waals surface area contributed by atoms with Crippen LogP contribution in [0, 0.1) is 6.92 Å². The van der Waals surface area contributed by atoms with Gasteiger partial charge in [-0.3, -0.25) is 0 Å².